The van der Waals surface area contributed by atoms with E-state index in [1.807, 2.05) is 22.9 Å². The number of aromatic nitrogens is 2. The minimum atomic E-state index is 0.266. The van der Waals surface area contributed by atoms with Crippen LogP contribution in [0.5, 0.6) is 11.5 Å². The maximum Gasteiger partial charge on any atom is 0.269 e. The Morgan fingerprint density at radius 2 is 2.04 bits per heavy atom. The average molecular weight is 349 g/mol. The Hall–Kier alpha value is -2.31. The molecule has 0 radical (unpaired) electrons. The van der Waals surface area contributed by atoms with Crippen LogP contribution in [0.2, 0.25) is 0 Å². The van der Waals surface area contributed by atoms with Crippen LogP contribution in [0.3, 0.4) is 0 Å². The van der Waals surface area contributed by atoms with Crippen LogP contribution >= 0.6 is 22.9 Å². The van der Waals surface area contributed by atoms with Gasteiger partial charge in [0.1, 0.15) is 5.03 Å². The Labute approximate surface area is 142 Å². The molecule has 3 rings (SSSR count). The van der Waals surface area contributed by atoms with Crippen molar-refractivity contribution in [2.45, 2.75) is 0 Å². The third-order valence-electron chi connectivity index (χ3n) is 3.11. The number of hydrogen-bond donors (Lipinski definition) is 0. The highest BCUT2D eigenvalue weighted by molar-refractivity contribution is 7.08. The van der Waals surface area contributed by atoms with Crippen LogP contribution in [0.15, 0.2) is 39.5 Å². The van der Waals surface area contributed by atoms with E-state index in [-0.39, 0.29) is 5.89 Å². The lowest BCUT2D eigenvalue weighted by Crippen LogP contribution is -1.91. The third kappa shape index (κ3) is 3.38. The average Bonchev–Trinajstić information content (AvgIpc) is 3.25. The maximum absolute atomic E-state index is 6.23. The molecule has 0 unspecified atom stereocenters. The molecule has 23 heavy (non-hydrogen) atoms. The van der Waals surface area contributed by atoms with Crippen LogP contribution in [-0.4, -0.2) is 24.4 Å². The van der Waals surface area contributed by atoms with Crippen LogP contribution in [0.4, 0.5) is 0 Å². The maximum atomic E-state index is 6.23. The molecular formula is C16H13ClN2O3S. The lowest BCUT2D eigenvalue weighted by atomic mass is 10.2. The molecule has 5 nitrogen and oxygen atoms in total. The first-order valence-corrected chi connectivity index (χ1v) is 7.99. The fourth-order valence-corrected chi connectivity index (χ4v) is 2.80. The van der Waals surface area contributed by atoms with E-state index in [9.17, 15) is 0 Å². The Kier molecular flexibility index (Phi) is 4.64. The highest BCUT2D eigenvalue weighted by atomic mass is 35.5. The molecule has 0 saturated carbocycles. The molecule has 0 aliphatic heterocycles. The number of hydrogen-bond acceptors (Lipinski definition) is 6. The van der Waals surface area contributed by atoms with Crippen LogP contribution < -0.4 is 9.47 Å². The van der Waals surface area contributed by atoms with Gasteiger partial charge in [-0.05, 0) is 46.7 Å². The quantitative estimate of drug-likeness (QED) is 0.676. The number of nitrogens with zero attached hydrogens (tertiary/aromatic N) is 2. The predicted molar refractivity (Wildman–Crippen MR) is 90.9 cm³/mol. The molecule has 0 N–H and O–H groups in total. The normalized spacial score (nSPS) is 11.5. The zero-order valence-electron chi connectivity index (χ0n) is 12.4. The summed E-state index contributed by atoms with van der Waals surface area (Å²) >= 11 is 7.82. The van der Waals surface area contributed by atoms with Gasteiger partial charge in [-0.25, -0.2) is 0 Å². The van der Waals surface area contributed by atoms with Crippen LogP contribution in [0.25, 0.3) is 22.5 Å². The van der Waals surface area contributed by atoms with Gasteiger partial charge in [-0.3, -0.25) is 0 Å². The number of benzene rings is 1. The zero-order valence-corrected chi connectivity index (χ0v) is 14.0. The van der Waals surface area contributed by atoms with E-state index < -0.39 is 0 Å². The predicted octanol–water partition coefficient (Wildman–Crippen LogP) is 4.55. The molecule has 1 aromatic carbocycles. The Balaban J connectivity index is 1.90. The minimum Gasteiger partial charge on any atom is -0.493 e. The summed E-state index contributed by atoms with van der Waals surface area (Å²) in [4.78, 5) is 4.32. The van der Waals surface area contributed by atoms with Crippen molar-refractivity contribution in [3.05, 3.63) is 46.5 Å². The van der Waals surface area contributed by atoms with Crippen molar-refractivity contribution >= 4 is 34.0 Å². The summed E-state index contributed by atoms with van der Waals surface area (Å²) < 4.78 is 15.7. The molecule has 0 spiro atoms. The van der Waals surface area contributed by atoms with Crippen LogP contribution in [0.1, 0.15) is 11.5 Å². The smallest absolute Gasteiger partial charge is 0.269 e. The molecule has 0 saturated heterocycles. The van der Waals surface area contributed by atoms with Gasteiger partial charge in [-0.1, -0.05) is 16.8 Å². The number of methoxy groups -OCH3 is 2. The van der Waals surface area contributed by atoms with E-state index in [4.69, 9.17) is 25.6 Å². The van der Waals surface area contributed by atoms with E-state index >= 15 is 0 Å². The van der Waals surface area contributed by atoms with E-state index in [1.54, 1.807) is 43.8 Å². The Morgan fingerprint density at radius 3 is 2.74 bits per heavy atom. The largest absolute Gasteiger partial charge is 0.493 e. The molecule has 2 heterocycles. The van der Waals surface area contributed by atoms with Gasteiger partial charge in [0.05, 0.1) is 14.2 Å². The van der Waals surface area contributed by atoms with Crippen molar-refractivity contribution in [2.75, 3.05) is 14.2 Å². The van der Waals surface area contributed by atoms with E-state index in [1.165, 1.54) is 0 Å². The number of halogens is 1. The van der Waals surface area contributed by atoms with E-state index in [0.717, 1.165) is 11.1 Å². The second kappa shape index (κ2) is 6.85. The molecule has 0 aliphatic rings. The second-order valence-electron chi connectivity index (χ2n) is 4.54. The van der Waals surface area contributed by atoms with Crippen molar-refractivity contribution in [1.29, 1.82) is 0 Å². The molecule has 0 aliphatic carbocycles. The van der Waals surface area contributed by atoms with Gasteiger partial charge in [-0.2, -0.15) is 16.3 Å². The van der Waals surface area contributed by atoms with Gasteiger partial charge in [0.15, 0.2) is 11.5 Å². The van der Waals surface area contributed by atoms with Gasteiger partial charge >= 0.3 is 0 Å². The molecular weight excluding hydrogens is 336 g/mol. The van der Waals surface area contributed by atoms with Gasteiger partial charge in [0, 0.05) is 5.56 Å². The third-order valence-corrected chi connectivity index (χ3v) is 4.08. The van der Waals surface area contributed by atoms with E-state index in [0.29, 0.717) is 22.4 Å². The summed E-state index contributed by atoms with van der Waals surface area (Å²) in [7, 11) is 3.16. The van der Waals surface area contributed by atoms with Crippen molar-refractivity contribution in [2.24, 2.45) is 0 Å². The van der Waals surface area contributed by atoms with Gasteiger partial charge in [-0.15, -0.1) is 0 Å². The molecule has 0 atom stereocenters. The van der Waals surface area contributed by atoms with Crippen LogP contribution in [0, 0.1) is 0 Å². The summed E-state index contributed by atoms with van der Waals surface area (Å²) in [6, 6.07) is 7.35. The molecule has 0 bridgehead atoms. The molecule has 2 aromatic heterocycles. The van der Waals surface area contributed by atoms with Gasteiger partial charge in [0.2, 0.25) is 5.82 Å². The standard InChI is InChI=1S/C16H13ClN2O3S/c1-20-13-4-3-11(8-14(13)21-2)15-18-16(22-19-15)12(17)7-10-5-6-23-9-10/h3-9H,1-2H3/b12-7-. The first-order chi connectivity index (χ1) is 11.2. The number of rotatable bonds is 5. The lowest BCUT2D eigenvalue weighted by Gasteiger charge is -2.07. The second-order valence-corrected chi connectivity index (χ2v) is 5.73. The van der Waals surface area contributed by atoms with Crippen molar-refractivity contribution in [3.63, 3.8) is 0 Å². The molecule has 118 valence electrons. The molecule has 7 heteroatoms. The zero-order chi connectivity index (χ0) is 16.2. The van der Waals surface area contributed by atoms with E-state index in [2.05, 4.69) is 10.1 Å². The number of ether oxygens (including phenoxy) is 2. The first-order valence-electron chi connectivity index (χ1n) is 6.67. The van der Waals surface area contributed by atoms with Crippen molar-refractivity contribution in [3.8, 4) is 22.9 Å². The summed E-state index contributed by atoms with van der Waals surface area (Å²) in [6.07, 6.45) is 1.78. The number of thiophene rings is 1. The molecule has 0 fully saturated rings. The summed E-state index contributed by atoms with van der Waals surface area (Å²) in [5, 5.41) is 8.31. The fraction of sp³-hybridized carbons (Fsp3) is 0.125. The summed E-state index contributed by atoms with van der Waals surface area (Å²) in [5.41, 5.74) is 1.74. The van der Waals surface area contributed by atoms with Crippen molar-refractivity contribution < 1.29 is 14.0 Å². The highest BCUT2D eigenvalue weighted by Gasteiger charge is 2.14. The highest BCUT2D eigenvalue weighted by Crippen LogP contribution is 2.32. The Bertz CT molecular complexity index is 828. The first kappa shape index (κ1) is 15.6. The SMILES string of the molecule is COc1ccc(-c2noc(/C(Cl)=C/c3ccsc3)n2)cc1OC. The topological polar surface area (TPSA) is 57.4 Å². The molecule has 3 aromatic rings. The Morgan fingerprint density at radius 1 is 1.22 bits per heavy atom. The monoisotopic (exact) mass is 348 g/mol. The lowest BCUT2D eigenvalue weighted by molar-refractivity contribution is 0.355. The molecule has 0 amide bonds. The van der Waals surface area contributed by atoms with Gasteiger partial charge < -0.3 is 14.0 Å². The minimum absolute atomic E-state index is 0.266. The summed E-state index contributed by atoms with van der Waals surface area (Å²) in [6.45, 7) is 0. The van der Waals surface area contributed by atoms with Crippen molar-refractivity contribution in [1.82, 2.24) is 10.1 Å². The fourth-order valence-electron chi connectivity index (χ4n) is 1.98. The van der Waals surface area contributed by atoms with Gasteiger partial charge in [0.25, 0.3) is 5.89 Å². The summed E-state index contributed by atoms with van der Waals surface area (Å²) in [5.74, 6) is 1.92. The van der Waals surface area contributed by atoms with Crippen LogP contribution in [-0.2, 0) is 0 Å².